The molecular weight excluding hydrogens is 288 g/mol. The minimum absolute atomic E-state index is 0.131. The molecular formula is C14H20N4O4. The third-order valence-electron chi connectivity index (χ3n) is 3.90. The molecule has 0 saturated heterocycles. The number of hydrazone groups is 1. The van der Waals surface area contributed by atoms with Gasteiger partial charge in [-0.3, -0.25) is 25.7 Å². The van der Waals surface area contributed by atoms with Gasteiger partial charge in [0.05, 0.1) is 15.9 Å². The predicted octanol–water partition coefficient (Wildman–Crippen LogP) is 3.97. The molecule has 8 nitrogen and oxygen atoms in total. The normalized spacial score (nSPS) is 14.3. The van der Waals surface area contributed by atoms with Crippen LogP contribution in [0, 0.1) is 32.1 Å². The fraction of sp³-hybridized carbons (Fsp3) is 0.500. The number of nitro benzene ring substituents is 2. The monoisotopic (exact) mass is 308 g/mol. The Balaban J connectivity index is 3.03. The van der Waals surface area contributed by atoms with E-state index in [2.05, 4.69) is 24.4 Å². The molecule has 0 heterocycles. The SMILES string of the molecule is CCC(C)C(C)C(C)=NNc1ccc([N+](=O)[O-])cc1[N+](=O)[O-]. The van der Waals surface area contributed by atoms with Gasteiger partial charge >= 0.3 is 5.69 Å². The summed E-state index contributed by atoms with van der Waals surface area (Å²) in [5.41, 5.74) is 2.90. The minimum atomic E-state index is -0.670. The van der Waals surface area contributed by atoms with Gasteiger partial charge in [-0.1, -0.05) is 27.2 Å². The van der Waals surface area contributed by atoms with Gasteiger partial charge in [-0.25, -0.2) is 0 Å². The van der Waals surface area contributed by atoms with Crippen molar-refractivity contribution < 1.29 is 9.85 Å². The van der Waals surface area contributed by atoms with E-state index in [-0.39, 0.29) is 23.0 Å². The van der Waals surface area contributed by atoms with Gasteiger partial charge in [-0.2, -0.15) is 5.10 Å². The first-order valence-electron chi connectivity index (χ1n) is 7.00. The second-order valence-electron chi connectivity index (χ2n) is 5.25. The van der Waals surface area contributed by atoms with E-state index in [1.807, 2.05) is 13.8 Å². The van der Waals surface area contributed by atoms with Crippen molar-refractivity contribution >= 4 is 22.8 Å². The average molecular weight is 308 g/mol. The Hall–Kier alpha value is -2.51. The number of nitro groups is 2. The molecule has 1 aromatic carbocycles. The van der Waals surface area contributed by atoms with Crippen LogP contribution in [0.4, 0.5) is 17.1 Å². The Morgan fingerprint density at radius 2 is 1.91 bits per heavy atom. The zero-order valence-corrected chi connectivity index (χ0v) is 13.1. The number of anilines is 1. The summed E-state index contributed by atoms with van der Waals surface area (Å²) in [4.78, 5) is 20.4. The Bertz CT molecular complexity index is 601. The highest BCUT2D eigenvalue weighted by Gasteiger charge is 2.20. The number of hydrogen-bond acceptors (Lipinski definition) is 6. The van der Waals surface area contributed by atoms with Crippen LogP contribution in [0.25, 0.3) is 0 Å². The van der Waals surface area contributed by atoms with E-state index in [9.17, 15) is 20.2 Å². The molecule has 0 amide bonds. The lowest BCUT2D eigenvalue weighted by Gasteiger charge is -2.17. The topological polar surface area (TPSA) is 111 Å². The van der Waals surface area contributed by atoms with Crippen molar-refractivity contribution in [2.45, 2.75) is 34.1 Å². The lowest BCUT2D eigenvalue weighted by Crippen LogP contribution is -2.17. The smallest absolute Gasteiger partial charge is 0.272 e. The summed E-state index contributed by atoms with van der Waals surface area (Å²) in [6.07, 6.45) is 1.01. The molecule has 0 aromatic heterocycles. The number of benzene rings is 1. The van der Waals surface area contributed by atoms with Gasteiger partial charge in [-0.05, 0) is 24.8 Å². The molecule has 1 rings (SSSR count). The summed E-state index contributed by atoms with van der Waals surface area (Å²) in [7, 11) is 0. The van der Waals surface area contributed by atoms with Crippen LogP contribution in [0.1, 0.15) is 34.1 Å². The van der Waals surface area contributed by atoms with Crippen LogP contribution >= 0.6 is 0 Å². The third-order valence-corrected chi connectivity index (χ3v) is 3.90. The van der Waals surface area contributed by atoms with Crippen LogP contribution in [0.15, 0.2) is 23.3 Å². The number of nitrogens with zero attached hydrogens (tertiary/aromatic N) is 3. The molecule has 0 aliphatic carbocycles. The predicted molar refractivity (Wildman–Crippen MR) is 85.1 cm³/mol. The fourth-order valence-corrected chi connectivity index (χ4v) is 1.89. The first kappa shape index (κ1) is 17.5. The molecule has 0 radical (unpaired) electrons. The van der Waals surface area contributed by atoms with E-state index >= 15 is 0 Å². The van der Waals surface area contributed by atoms with Crippen molar-refractivity contribution in [3.05, 3.63) is 38.4 Å². The first-order chi connectivity index (χ1) is 10.3. The first-order valence-corrected chi connectivity index (χ1v) is 7.00. The molecule has 0 aliphatic rings. The second-order valence-corrected chi connectivity index (χ2v) is 5.25. The van der Waals surface area contributed by atoms with Gasteiger partial charge in [-0.15, -0.1) is 0 Å². The second kappa shape index (κ2) is 7.48. The molecule has 1 aromatic rings. The van der Waals surface area contributed by atoms with Gasteiger partial charge < -0.3 is 0 Å². The van der Waals surface area contributed by atoms with Crippen molar-refractivity contribution in [1.29, 1.82) is 0 Å². The number of hydrogen-bond donors (Lipinski definition) is 1. The summed E-state index contributed by atoms with van der Waals surface area (Å²) in [5, 5.41) is 25.9. The summed E-state index contributed by atoms with van der Waals surface area (Å²) < 4.78 is 0. The van der Waals surface area contributed by atoms with E-state index in [1.165, 1.54) is 12.1 Å². The maximum Gasteiger partial charge on any atom is 0.301 e. The largest absolute Gasteiger partial charge is 0.301 e. The van der Waals surface area contributed by atoms with Crippen molar-refractivity contribution in [3.8, 4) is 0 Å². The molecule has 1 N–H and O–H groups in total. The van der Waals surface area contributed by atoms with Gasteiger partial charge in [0, 0.05) is 11.8 Å². The van der Waals surface area contributed by atoms with Crippen LogP contribution in [0.5, 0.6) is 0 Å². The summed E-state index contributed by atoms with van der Waals surface area (Å²) >= 11 is 0. The van der Waals surface area contributed by atoms with E-state index in [4.69, 9.17) is 0 Å². The number of nitrogens with one attached hydrogen (secondary N) is 1. The molecule has 0 saturated carbocycles. The van der Waals surface area contributed by atoms with Crippen LogP contribution in [-0.4, -0.2) is 15.6 Å². The van der Waals surface area contributed by atoms with Gasteiger partial charge in [0.25, 0.3) is 5.69 Å². The summed E-state index contributed by atoms with van der Waals surface area (Å²) in [5.74, 6) is 0.673. The molecule has 2 unspecified atom stereocenters. The standard InChI is InChI=1S/C14H20N4O4/c1-5-9(2)10(3)11(4)15-16-13-7-6-12(17(19)20)8-14(13)18(21)22/h6-10,16H,5H2,1-4H3. The molecule has 22 heavy (non-hydrogen) atoms. The Kier molecular flexibility index (Phi) is 5.97. The van der Waals surface area contributed by atoms with Crippen molar-refractivity contribution in [2.75, 3.05) is 5.43 Å². The Morgan fingerprint density at radius 1 is 1.27 bits per heavy atom. The van der Waals surface area contributed by atoms with E-state index in [0.717, 1.165) is 18.2 Å². The number of non-ortho nitro benzene ring substituents is 1. The zero-order valence-electron chi connectivity index (χ0n) is 13.1. The molecule has 0 bridgehead atoms. The highest BCUT2D eigenvalue weighted by Crippen LogP contribution is 2.29. The highest BCUT2D eigenvalue weighted by molar-refractivity contribution is 5.85. The molecule has 2 atom stereocenters. The molecule has 0 aliphatic heterocycles. The quantitative estimate of drug-likeness (QED) is 0.465. The molecule has 0 fully saturated rings. The molecule has 8 heteroatoms. The third kappa shape index (κ3) is 4.24. The van der Waals surface area contributed by atoms with Crippen molar-refractivity contribution in [2.24, 2.45) is 16.9 Å². The number of rotatable bonds is 7. The molecule has 120 valence electrons. The van der Waals surface area contributed by atoms with Crippen LogP contribution < -0.4 is 5.43 Å². The van der Waals surface area contributed by atoms with Crippen molar-refractivity contribution in [1.82, 2.24) is 0 Å². The maximum absolute atomic E-state index is 11.0. The zero-order chi connectivity index (χ0) is 16.9. The van der Waals surface area contributed by atoms with Gasteiger partial charge in [0.2, 0.25) is 0 Å². The maximum atomic E-state index is 11.0. The van der Waals surface area contributed by atoms with E-state index in [1.54, 1.807) is 0 Å². The fourth-order valence-electron chi connectivity index (χ4n) is 1.89. The lowest BCUT2D eigenvalue weighted by atomic mass is 9.90. The molecule has 0 spiro atoms. The minimum Gasteiger partial charge on any atom is -0.272 e. The lowest BCUT2D eigenvalue weighted by molar-refractivity contribution is -0.393. The summed E-state index contributed by atoms with van der Waals surface area (Å²) in [6, 6.07) is 3.42. The average Bonchev–Trinajstić information content (AvgIpc) is 2.50. The Morgan fingerprint density at radius 3 is 2.41 bits per heavy atom. The highest BCUT2D eigenvalue weighted by atomic mass is 16.6. The van der Waals surface area contributed by atoms with Gasteiger partial charge in [0.15, 0.2) is 0 Å². The Labute approximate surface area is 128 Å². The van der Waals surface area contributed by atoms with Crippen LogP contribution in [0.2, 0.25) is 0 Å². The van der Waals surface area contributed by atoms with Crippen LogP contribution in [-0.2, 0) is 0 Å². The van der Waals surface area contributed by atoms with Crippen LogP contribution in [0.3, 0.4) is 0 Å². The van der Waals surface area contributed by atoms with E-state index in [0.29, 0.717) is 5.92 Å². The van der Waals surface area contributed by atoms with E-state index < -0.39 is 9.85 Å². The van der Waals surface area contributed by atoms with Crippen molar-refractivity contribution in [3.63, 3.8) is 0 Å². The summed E-state index contributed by atoms with van der Waals surface area (Å²) in [6.45, 7) is 8.08. The van der Waals surface area contributed by atoms with Gasteiger partial charge in [0.1, 0.15) is 5.69 Å².